The van der Waals surface area contributed by atoms with Crippen molar-refractivity contribution in [1.82, 2.24) is 9.88 Å². The number of aromatic nitrogens is 1. The van der Waals surface area contributed by atoms with Gasteiger partial charge < -0.3 is 14.4 Å². The van der Waals surface area contributed by atoms with E-state index in [0.717, 1.165) is 44.1 Å². The molecule has 2 aliphatic rings. The van der Waals surface area contributed by atoms with Crippen LogP contribution >= 0.6 is 0 Å². The fraction of sp³-hybridized carbons (Fsp3) is 0.720. The number of carbonyl (C=O) groups is 2. The minimum absolute atomic E-state index is 0.0592. The number of likely N-dealkylation sites (tertiary alicyclic amines) is 1. The molecule has 3 rings (SSSR count). The Morgan fingerprint density at radius 3 is 2.16 bits per heavy atom. The molecule has 0 radical (unpaired) electrons. The second-order valence-corrected chi connectivity index (χ2v) is 10.9. The predicted molar refractivity (Wildman–Crippen MR) is 125 cm³/mol. The quantitative estimate of drug-likeness (QED) is 0.552. The zero-order chi connectivity index (χ0) is 23.5. The van der Waals surface area contributed by atoms with E-state index in [1.165, 1.54) is 6.42 Å². The molecule has 2 heterocycles. The molecule has 1 aliphatic heterocycles. The summed E-state index contributed by atoms with van der Waals surface area (Å²) in [5, 5.41) is 0. The number of ether oxygens (including phenoxy) is 2. The van der Waals surface area contributed by atoms with Gasteiger partial charge in [0.05, 0.1) is 6.04 Å². The lowest BCUT2D eigenvalue weighted by Gasteiger charge is -2.35. The van der Waals surface area contributed by atoms with E-state index in [0.29, 0.717) is 12.4 Å². The third-order valence-corrected chi connectivity index (χ3v) is 5.81. The first kappa shape index (κ1) is 24.3. The van der Waals surface area contributed by atoms with Gasteiger partial charge in [0.1, 0.15) is 17.0 Å². The molecule has 1 atom stereocenters. The molecule has 1 aromatic rings. The molecule has 7 heteroatoms. The molecule has 178 valence electrons. The van der Waals surface area contributed by atoms with Crippen LogP contribution < -0.4 is 4.90 Å². The van der Waals surface area contributed by atoms with Gasteiger partial charge in [-0.15, -0.1) is 0 Å². The molecule has 0 unspecified atom stereocenters. The van der Waals surface area contributed by atoms with Crippen molar-refractivity contribution in [3.63, 3.8) is 0 Å². The molecule has 1 aromatic heterocycles. The highest BCUT2D eigenvalue weighted by Crippen LogP contribution is 2.34. The van der Waals surface area contributed by atoms with Crippen LogP contribution in [0.5, 0.6) is 0 Å². The van der Waals surface area contributed by atoms with Crippen molar-refractivity contribution in [1.29, 1.82) is 0 Å². The Hall–Kier alpha value is -2.31. The Morgan fingerprint density at radius 1 is 0.938 bits per heavy atom. The molecule has 0 aromatic carbocycles. The molecule has 7 nitrogen and oxygen atoms in total. The summed E-state index contributed by atoms with van der Waals surface area (Å²) in [6, 6.07) is 3.91. The summed E-state index contributed by atoms with van der Waals surface area (Å²) < 4.78 is 11.3. The zero-order valence-corrected chi connectivity index (χ0v) is 20.5. The Balaban J connectivity index is 1.80. The number of rotatable bonds is 3. The standard InChI is InChI=1S/C25H39N3O4/c1-24(2,3)31-22(29)27-16-10-13-20(27)18-14-15-21(26-17-18)28(19-11-8-7-9-12-19)23(30)32-25(4,5)6/h14-15,17,19-20H,7-13,16H2,1-6H3/t20-/m1/s1. The maximum atomic E-state index is 13.1. The Labute approximate surface area is 192 Å². The second-order valence-electron chi connectivity index (χ2n) is 10.9. The van der Waals surface area contributed by atoms with Crippen molar-refractivity contribution in [2.75, 3.05) is 11.4 Å². The summed E-state index contributed by atoms with van der Waals surface area (Å²) in [5.41, 5.74) is -0.132. The summed E-state index contributed by atoms with van der Waals surface area (Å²) in [6.07, 6.45) is 8.29. The third kappa shape index (κ3) is 6.36. The molecule has 1 saturated heterocycles. The average molecular weight is 446 g/mol. The van der Waals surface area contributed by atoms with Gasteiger partial charge in [-0.2, -0.15) is 0 Å². The first-order chi connectivity index (χ1) is 14.9. The Kier molecular flexibility index (Phi) is 7.36. The summed E-state index contributed by atoms with van der Waals surface area (Å²) in [4.78, 5) is 33.9. The SMILES string of the molecule is CC(C)(C)OC(=O)N(c1ccc([C@H]2CCCN2C(=O)OC(C)(C)C)cn1)C1CCCCC1. The van der Waals surface area contributed by atoms with Gasteiger partial charge in [0.25, 0.3) is 0 Å². The van der Waals surface area contributed by atoms with Gasteiger partial charge in [-0.05, 0) is 78.9 Å². The van der Waals surface area contributed by atoms with Crippen molar-refractivity contribution in [2.24, 2.45) is 0 Å². The minimum atomic E-state index is -0.568. The van der Waals surface area contributed by atoms with Gasteiger partial charge in [-0.3, -0.25) is 4.90 Å². The van der Waals surface area contributed by atoms with Crippen LogP contribution in [-0.4, -0.2) is 45.9 Å². The zero-order valence-electron chi connectivity index (χ0n) is 20.5. The maximum Gasteiger partial charge on any atom is 0.416 e. The van der Waals surface area contributed by atoms with Crippen LogP contribution in [0, 0.1) is 0 Å². The van der Waals surface area contributed by atoms with Gasteiger partial charge in [0, 0.05) is 18.8 Å². The molecule has 2 amide bonds. The summed E-state index contributed by atoms with van der Waals surface area (Å²) in [7, 11) is 0. The van der Waals surface area contributed by atoms with Gasteiger partial charge in [-0.25, -0.2) is 14.6 Å². The van der Waals surface area contributed by atoms with Crippen LogP contribution in [-0.2, 0) is 9.47 Å². The van der Waals surface area contributed by atoms with Crippen LogP contribution in [0.4, 0.5) is 15.4 Å². The van der Waals surface area contributed by atoms with E-state index in [9.17, 15) is 9.59 Å². The average Bonchev–Trinajstić information content (AvgIpc) is 3.17. The molecule has 1 aliphatic carbocycles. The van der Waals surface area contributed by atoms with Gasteiger partial charge in [0.15, 0.2) is 0 Å². The summed E-state index contributed by atoms with van der Waals surface area (Å²) in [6.45, 7) is 11.9. The lowest BCUT2D eigenvalue weighted by atomic mass is 9.94. The van der Waals surface area contributed by atoms with Crippen molar-refractivity contribution >= 4 is 18.0 Å². The highest BCUT2D eigenvalue weighted by molar-refractivity contribution is 5.87. The van der Waals surface area contributed by atoms with Crippen LogP contribution in [0.15, 0.2) is 18.3 Å². The van der Waals surface area contributed by atoms with Crippen molar-refractivity contribution in [2.45, 2.75) is 110 Å². The van der Waals surface area contributed by atoms with Gasteiger partial charge in [0.2, 0.25) is 0 Å². The molecule has 0 spiro atoms. The van der Waals surface area contributed by atoms with Crippen LogP contribution in [0.25, 0.3) is 0 Å². The van der Waals surface area contributed by atoms with E-state index in [1.54, 1.807) is 16.0 Å². The second kappa shape index (κ2) is 9.67. The topological polar surface area (TPSA) is 72.0 Å². The minimum Gasteiger partial charge on any atom is -0.444 e. The summed E-state index contributed by atoms with van der Waals surface area (Å²) >= 11 is 0. The molecular formula is C25H39N3O4. The monoisotopic (exact) mass is 445 g/mol. The van der Waals surface area contributed by atoms with Gasteiger partial charge >= 0.3 is 12.2 Å². The molecule has 2 fully saturated rings. The van der Waals surface area contributed by atoms with E-state index < -0.39 is 11.2 Å². The number of hydrogen-bond donors (Lipinski definition) is 0. The number of pyridine rings is 1. The number of nitrogens with zero attached hydrogens (tertiary/aromatic N) is 3. The van der Waals surface area contributed by atoms with E-state index in [4.69, 9.17) is 9.47 Å². The molecule has 32 heavy (non-hydrogen) atoms. The third-order valence-electron chi connectivity index (χ3n) is 5.81. The summed E-state index contributed by atoms with van der Waals surface area (Å²) in [5.74, 6) is 0.608. The Bertz CT molecular complexity index is 789. The molecule has 0 bridgehead atoms. The highest BCUT2D eigenvalue weighted by Gasteiger charge is 2.35. The van der Waals surface area contributed by atoms with Crippen molar-refractivity contribution in [3.05, 3.63) is 23.9 Å². The van der Waals surface area contributed by atoms with Crippen LogP contribution in [0.3, 0.4) is 0 Å². The lowest BCUT2D eigenvalue weighted by molar-refractivity contribution is 0.0224. The fourth-order valence-electron chi connectivity index (χ4n) is 4.47. The van der Waals surface area contributed by atoms with E-state index >= 15 is 0 Å². The molecule has 1 saturated carbocycles. The number of carbonyl (C=O) groups excluding carboxylic acids is 2. The van der Waals surface area contributed by atoms with Crippen LogP contribution in [0.1, 0.15) is 98.1 Å². The van der Waals surface area contributed by atoms with Crippen molar-refractivity contribution < 1.29 is 19.1 Å². The Morgan fingerprint density at radius 2 is 1.59 bits per heavy atom. The normalized spacial score (nSPS) is 20.2. The largest absolute Gasteiger partial charge is 0.444 e. The molecule has 0 N–H and O–H groups in total. The van der Waals surface area contributed by atoms with E-state index in [2.05, 4.69) is 4.98 Å². The maximum absolute atomic E-state index is 13.1. The van der Waals surface area contributed by atoms with Crippen LogP contribution in [0.2, 0.25) is 0 Å². The number of hydrogen-bond acceptors (Lipinski definition) is 5. The fourth-order valence-corrected chi connectivity index (χ4v) is 4.47. The smallest absolute Gasteiger partial charge is 0.416 e. The van der Waals surface area contributed by atoms with Crippen molar-refractivity contribution in [3.8, 4) is 0 Å². The highest BCUT2D eigenvalue weighted by atomic mass is 16.6. The predicted octanol–water partition coefficient (Wildman–Crippen LogP) is 6.23. The van der Waals surface area contributed by atoms with Gasteiger partial charge in [-0.1, -0.05) is 25.3 Å². The van der Waals surface area contributed by atoms with E-state index in [-0.39, 0.29) is 24.3 Å². The number of amides is 2. The first-order valence-electron chi connectivity index (χ1n) is 11.9. The van der Waals surface area contributed by atoms with E-state index in [1.807, 2.05) is 53.7 Å². The number of anilines is 1. The molecular weight excluding hydrogens is 406 g/mol. The lowest BCUT2D eigenvalue weighted by Crippen LogP contribution is -2.45. The first-order valence-corrected chi connectivity index (χ1v) is 11.9.